The average molecular weight is 522 g/mol. The number of rotatable bonds is 4. The summed E-state index contributed by atoms with van der Waals surface area (Å²) in [5.41, 5.74) is 6.41. The topological polar surface area (TPSA) is 46.9 Å². The SMILES string of the molecule is Cc1ccc(-n2nc(C(=O)NC3CC34CCCCC4)c3c2/C(=C/c2ccc(F)cc2)CSC3)c(Cl)c1. The van der Waals surface area contributed by atoms with Crippen molar-refractivity contribution in [3.8, 4) is 5.69 Å². The first kappa shape index (κ1) is 23.8. The molecule has 1 atom stereocenters. The Morgan fingerprint density at radius 3 is 2.69 bits per heavy atom. The zero-order valence-electron chi connectivity index (χ0n) is 20.3. The van der Waals surface area contributed by atoms with Crippen molar-refractivity contribution in [2.45, 2.75) is 57.2 Å². The van der Waals surface area contributed by atoms with Crippen LogP contribution < -0.4 is 5.32 Å². The second kappa shape index (κ2) is 9.38. The quantitative estimate of drug-likeness (QED) is 0.394. The van der Waals surface area contributed by atoms with Gasteiger partial charge in [-0.15, -0.1) is 0 Å². The number of aromatic nitrogens is 2. The molecule has 6 rings (SSSR count). The van der Waals surface area contributed by atoms with Crippen molar-refractivity contribution in [1.82, 2.24) is 15.1 Å². The van der Waals surface area contributed by atoms with E-state index in [0.29, 0.717) is 21.9 Å². The first-order valence-electron chi connectivity index (χ1n) is 12.7. The molecule has 2 fully saturated rings. The van der Waals surface area contributed by atoms with Gasteiger partial charge in [0.15, 0.2) is 5.69 Å². The second-order valence-electron chi connectivity index (χ2n) is 10.4. The fraction of sp³-hybridized carbons (Fsp3) is 0.379. The Bertz CT molecular complexity index is 1360. The lowest BCUT2D eigenvalue weighted by molar-refractivity contribution is 0.0936. The molecule has 1 N–H and O–H groups in total. The molecular formula is C29H29ClFN3OS. The number of thioether (sulfide) groups is 1. The van der Waals surface area contributed by atoms with E-state index in [2.05, 4.69) is 11.4 Å². The largest absolute Gasteiger partial charge is 0.347 e. The first-order chi connectivity index (χ1) is 17.4. The zero-order valence-corrected chi connectivity index (χ0v) is 21.9. The third-order valence-electron chi connectivity index (χ3n) is 7.89. The van der Waals surface area contributed by atoms with Crippen molar-refractivity contribution >= 4 is 40.9 Å². The van der Waals surface area contributed by atoms with Crippen LogP contribution in [0.5, 0.6) is 0 Å². The number of carbonyl (C=O) groups excluding carboxylic acids is 1. The van der Waals surface area contributed by atoms with Crippen LogP contribution in [0.2, 0.25) is 5.02 Å². The number of hydrogen-bond acceptors (Lipinski definition) is 3. The van der Waals surface area contributed by atoms with Gasteiger partial charge in [-0.25, -0.2) is 9.07 Å². The molecule has 1 aromatic heterocycles. The minimum atomic E-state index is -0.262. The summed E-state index contributed by atoms with van der Waals surface area (Å²) < 4.78 is 15.3. The Morgan fingerprint density at radius 2 is 1.94 bits per heavy atom. The van der Waals surface area contributed by atoms with E-state index in [0.717, 1.165) is 45.8 Å². The van der Waals surface area contributed by atoms with E-state index in [-0.39, 0.29) is 17.8 Å². The number of nitrogens with zero attached hydrogens (tertiary/aromatic N) is 2. The van der Waals surface area contributed by atoms with Crippen LogP contribution in [0.1, 0.15) is 71.4 Å². The van der Waals surface area contributed by atoms with Crippen LogP contribution in [-0.2, 0) is 5.75 Å². The fourth-order valence-corrected chi connectivity index (χ4v) is 7.18. The molecule has 1 amide bonds. The number of aryl methyl sites for hydroxylation is 1. The molecule has 0 radical (unpaired) electrons. The van der Waals surface area contributed by atoms with E-state index in [1.807, 2.05) is 29.8 Å². The summed E-state index contributed by atoms with van der Waals surface area (Å²) in [7, 11) is 0. The van der Waals surface area contributed by atoms with Crippen molar-refractivity contribution in [2.75, 3.05) is 5.75 Å². The van der Waals surface area contributed by atoms with Crippen molar-refractivity contribution in [2.24, 2.45) is 5.41 Å². The molecule has 2 saturated carbocycles. The van der Waals surface area contributed by atoms with Crippen molar-refractivity contribution < 1.29 is 9.18 Å². The molecule has 2 aliphatic carbocycles. The monoisotopic (exact) mass is 521 g/mol. The van der Waals surface area contributed by atoms with Crippen LogP contribution >= 0.6 is 23.4 Å². The minimum Gasteiger partial charge on any atom is -0.347 e. The molecule has 3 aliphatic rings. The van der Waals surface area contributed by atoms with Crippen molar-refractivity contribution in [1.29, 1.82) is 0 Å². The summed E-state index contributed by atoms with van der Waals surface area (Å²) in [6.07, 6.45) is 9.39. The molecule has 7 heteroatoms. The number of amides is 1. The zero-order chi connectivity index (χ0) is 24.9. The summed E-state index contributed by atoms with van der Waals surface area (Å²) >= 11 is 8.45. The first-order valence-corrected chi connectivity index (χ1v) is 14.2. The lowest BCUT2D eigenvalue weighted by Crippen LogP contribution is -2.31. The number of halogens is 2. The van der Waals surface area contributed by atoms with Crippen LogP contribution in [-0.4, -0.2) is 27.5 Å². The Morgan fingerprint density at radius 1 is 1.17 bits per heavy atom. The highest BCUT2D eigenvalue weighted by atomic mass is 35.5. The molecule has 3 aromatic rings. The lowest BCUT2D eigenvalue weighted by Gasteiger charge is -2.22. The average Bonchev–Trinajstić information content (AvgIpc) is 3.34. The summed E-state index contributed by atoms with van der Waals surface area (Å²) in [5, 5.41) is 8.79. The Balaban J connectivity index is 1.41. The van der Waals surface area contributed by atoms with Gasteiger partial charge in [-0.2, -0.15) is 16.9 Å². The predicted molar refractivity (Wildman–Crippen MR) is 145 cm³/mol. The molecule has 1 aliphatic heterocycles. The smallest absolute Gasteiger partial charge is 0.272 e. The summed E-state index contributed by atoms with van der Waals surface area (Å²) in [4.78, 5) is 13.6. The molecule has 0 saturated heterocycles. The number of carbonyl (C=O) groups is 1. The van der Waals surface area contributed by atoms with Gasteiger partial charge in [0, 0.05) is 23.1 Å². The molecule has 36 heavy (non-hydrogen) atoms. The number of benzene rings is 2. The van der Waals surface area contributed by atoms with Gasteiger partial charge in [-0.1, -0.05) is 49.1 Å². The van der Waals surface area contributed by atoms with E-state index < -0.39 is 0 Å². The molecule has 2 heterocycles. The Hall–Kier alpha value is -2.57. The second-order valence-corrected chi connectivity index (χ2v) is 11.8. The van der Waals surface area contributed by atoms with Crippen molar-refractivity contribution in [3.63, 3.8) is 0 Å². The summed E-state index contributed by atoms with van der Waals surface area (Å²) in [5.74, 6) is 1.12. The van der Waals surface area contributed by atoms with Gasteiger partial charge < -0.3 is 5.32 Å². The van der Waals surface area contributed by atoms with Crippen LogP contribution in [0.3, 0.4) is 0 Å². The van der Waals surface area contributed by atoms with Gasteiger partial charge in [-0.05, 0) is 78.6 Å². The van der Waals surface area contributed by atoms with Gasteiger partial charge in [-0.3, -0.25) is 4.79 Å². The van der Waals surface area contributed by atoms with Gasteiger partial charge in [0.05, 0.1) is 16.4 Å². The molecular weight excluding hydrogens is 493 g/mol. The van der Waals surface area contributed by atoms with Gasteiger partial charge >= 0.3 is 0 Å². The summed E-state index contributed by atoms with van der Waals surface area (Å²) in [6, 6.07) is 12.6. The highest BCUT2D eigenvalue weighted by Gasteiger charge is 2.54. The predicted octanol–water partition coefficient (Wildman–Crippen LogP) is 7.21. The maximum atomic E-state index is 13.6. The van der Waals surface area contributed by atoms with E-state index in [4.69, 9.17) is 16.7 Å². The minimum absolute atomic E-state index is 0.0932. The molecule has 0 bridgehead atoms. The van der Waals surface area contributed by atoms with E-state index in [9.17, 15) is 9.18 Å². The molecule has 1 spiro atoms. The number of hydrogen-bond donors (Lipinski definition) is 1. The van der Waals surface area contributed by atoms with Crippen LogP contribution in [0.25, 0.3) is 17.3 Å². The fourth-order valence-electron chi connectivity index (χ4n) is 5.85. The molecule has 1 unspecified atom stereocenters. The molecule has 4 nitrogen and oxygen atoms in total. The summed E-state index contributed by atoms with van der Waals surface area (Å²) in [6.45, 7) is 2.00. The van der Waals surface area contributed by atoms with Crippen LogP contribution in [0.4, 0.5) is 4.39 Å². The highest BCUT2D eigenvalue weighted by Crippen LogP contribution is 2.56. The standard InChI is InChI=1S/C29H29ClFN3OS/c1-18-5-10-24(23(30)13-18)34-27-20(14-19-6-8-21(31)9-7-19)16-36-17-22(27)26(33-34)28(35)32-25-15-29(25)11-3-2-4-12-29/h5-10,13-14,25H,2-4,11-12,15-17H2,1H3,(H,32,35)/b20-14+. The van der Waals surface area contributed by atoms with Gasteiger partial charge in [0.25, 0.3) is 5.91 Å². The normalized spacial score (nSPS) is 21.4. The van der Waals surface area contributed by atoms with E-state index in [1.54, 1.807) is 23.9 Å². The van der Waals surface area contributed by atoms with Crippen molar-refractivity contribution in [3.05, 3.63) is 81.4 Å². The highest BCUT2D eigenvalue weighted by molar-refractivity contribution is 7.99. The van der Waals surface area contributed by atoms with E-state index in [1.165, 1.54) is 44.2 Å². The Kier molecular flexibility index (Phi) is 6.21. The number of nitrogens with one attached hydrogen (secondary N) is 1. The molecule has 186 valence electrons. The maximum Gasteiger partial charge on any atom is 0.272 e. The van der Waals surface area contributed by atoms with E-state index >= 15 is 0 Å². The third-order valence-corrected chi connectivity index (χ3v) is 9.20. The maximum absolute atomic E-state index is 13.6. The number of fused-ring (bicyclic) bond motifs is 1. The van der Waals surface area contributed by atoms with Crippen LogP contribution in [0.15, 0.2) is 42.5 Å². The van der Waals surface area contributed by atoms with Gasteiger partial charge in [0.1, 0.15) is 5.82 Å². The molecule has 2 aromatic carbocycles. The lowest BCUT2D eigenvalue weighted by atomic mass is 9.86. The van der Waals surface area contributed by atoms with Crippen LogP contribution in [0, 0.1) is 18.2 Å². The Labute approximate surface area is 220 Å². The van der Waals surface area contributed by atoms with Gasteiger partial charge in [0.2, 0.25) is 0 Å². The third kappa shape index (κ3) is 4.39.